The van der Waals surface area contributed by atoms with Gasteiger partial charge in [-0.3, -0.25) is 9.00 Å². The SMILES string of the molecule is CC(C)OCCCNC(=O)c1ccc(C[S@](=O)Cc2ccc(Cl)cc2)o1. The van der Waals surface area contributed by atoms with Gasteiger partial charge in [0.05, 0.1) is 11.9 Å². The van der Waals surface area contributed by atoms with E-state index >= 15 is 0 Å². The molecule has 142 valence electrons. The second-order valence-electron chi connectivity index (χ2n) is 6.15. The Labute approximate surface area is 161 Å². The molecule has 0 unspecified atom stereocenters. The minimum atomic E-state index is -1.13. The van der Waals surface area contributed by atoms with E-state index in [-0.39, 0.29) is 23.5 Å². The van der Waals surface area contributed by atoms with Gasteiger partial charge < -0.3 is 14.5 Å². The van der Waals surface area contributed by atoms with Gasteiger partial charge in [0, 0.05) is 34.7 Å². The summed E-state index contributed by atoms with van der Waals surface area (Å²) in [6.07, 6.45) is 0.926. The third kappa shape index (κ3) is 7.32. The first kappa shape index (κ1) is 20.7. The highest BCUT2D eigenvalue weighted by atomic mass is 35.5. The molecule has 0 saturated heterocycles. The third-order valence-corrected chi connectivity index (χ3v) is 5.00. The third-order valence-electron chi connectivity index (χ3n) is 3.49. The summed E-state index contributed by atoms with van der Waals surface area (Å²) >= 11 is 5.84. The Morgan fingerprint density at radius 2 is 1.92 bits per heavy atom. The maximum absolute atomic E-state index is 12.2. The number of furan rings is 1. The van der Waals surface area contributed by atoms with Crippen molar-refractivity contribution in [3.8, 4) is 0 Å². The van der Waals surface area contributed by atoms with Crippen LogP contribution in [0.5, 0.6) is 0 Å². The van der Waals surface area contributed by atoms with Crippen molar-refractivity contribution in [3.05, 3.63) is 58.5 Å². The van der Waals surface area contributed by atoms with Gasteiger partial charge in [-0.2, -0.15) is 0 Å². The Morgan fingerprint density at radius 1 is 1.19 bits per heavy atom. The zero-order valence-electron chi connectivity index (χ0n) is 15.0. The molecule has 1 N–H and O–H groups in total. The highest BCUT2D eigenvalue weighted by molar-refractivity contribution is 7.83. The van der Waals surface area contributed by atoms with Crippen LogP contribution in [0.25, 0.3) is 0 Å². The van der Waals surface area contributed by atoms with Crippen LogP contribution >= 0.6 is 11.6 Å². The van der Waals surface area contributed by atoms with Crippen molar-refractivity contribution in [2.75, 3.05) is 13.2 Å². The molecular formula is C19H24ClNO4S. The summed E-state index contributed by atoms with van der Waals surface area (Å²) in [4.78, 5) is 12.0. The molecule has 2 rings (SSSR count). The number of benzene rings is 1. The van der Waals surface area contributed by atoms with Gasteiger partial charge in [0.2, 0.25) is 0 Å². The maximum Gasteiger partial charge on any atom is 0.286 e. The molecule has 0 aliphatic rings. The molecule has 1 atom stereocenters. The number of halogens is 1. The fourth-order valence-electron chi connectivity index (χ4n) is 2.23. The van der Waals surface area contributed by atoms with E-state index in [2.05, 4.69) is 5.32 Å². The van der Waals surface area contributed by atoms with E-state index in [1.165, 1.54) is 0 Å². The molecule has 5 nitrogen and oxygen atoms in total. The average molecular weight is 398 g/mol. The van der Waals surface area contributed by atoms with E-state index in [1.807, 2.05) is 26.0 Å². The van der Waals surface area contributed by atoms with Crippen LogP contribution in [0.3, 0.4) is 0 Å². The number of rotatable bonds is 10. The monoisotopic (exact) mass is 397 g/mol. The summed E-state index contributed by atoms with van der Waals surface area (Å²) in [5.74, 6) is 1.16. The number of carbonyl (C=O) groups is 1. The predicted molar refractivity (Wildman–Crippen MR) is 104 cm³/mol. The lowest BCUT2D eigenvalue weighted by Gasteiger charge is -2.07. The topological polar surface area (TPSA) is 68.5 Å². The van der Waals surface area contributed by atoms with E-state index in [4.69, 9.17) is 20.8 Å². The van der Waals surface area contributed by atoms with Gasteiger partial charge in [0.25, 0.3) is 5.91 Å². The van der Waals surface area contributed by atoms with Crippen molar-refractivity contribution >= 4 is 28.3 Å². The summed E-state index contributed by atoms with van der Waals surface area (Å²) < 4.78 is 23.2. The quantitative estimate of drug-likeness (QED) is 0.617. The first-order valence-electron chi connectivity index (χ1n) is 8.52. The Balaban J connectivity index is 1.76. The Kier molecular flexibility index (Phi) is 8.35. The van der Waals surface area contributed by atoms with Crippen LogP contribution in [0, 0.1) is 0 Å². The lowest BCUT2D eigenvalue weighted by atomic mass is 10.2. The number of amides is 1. The van der Waals surface area contributed by atoms with E-state index in [0.29, 0.717) is 29.7 Å². The highest BCUT2D eigenvalue weighted by Gasteiger charge is 2.13. The van der Waals surface area contributed by atoms with Gasteiger partial charge in [0.1, 0.15) is 5.76 Å². The van der Waals surface area contributed by atoms with E-state index < -0.39 is 10.8 Å². The molecule has 0 saturated carbocycles. The molecule has 0 bridgehead atoms. The van der Waals surface area contributed by atoms with Crippen molar-refractivity contribution < 1.29 is 18.2 Å². The van der Waals surface area contributed by atoms with E-state index in [9.17, 15) is 9.00 Å². The lowest BCUT2D eigenvalue weighted by Crippen LogP contribution is -2.25. The molecular weight excluding hydrogens is 374 g/mol. The molecule has 0 radical (unpaired) electrons. The standard InChI is InChI=1S/C19H24ClNO4S/c1-14(2)24-11-3-10-21-19(22)18-9-8-17(25-18)13-26(23)12-15-4-6-16(20)7-5-15/h4-9,14H,3,10-13H2,1-2H3,(H,21,22)/t26-/m1/s1. The fourth-order valence-corrected chi connectivity index (χ4v) is 3.50. The van der Waals surface area contributed by atoms with Gasteiger partial charge in [-0.05, 0) is 50.1 Å². The second-order valence-corrected chi connectivity index (χ2v) is 8.04. The van der Waals surface area contributed by atoms with E-state index in [1.54, 1.807) is 24.3 Å². The van der Waals surface area contributed by atoms with Gasteiger partial charge in [0.15, 0.2) is 5.76 Å². The van der Waals surface area contributed by atoms with Gasteiger partial charge in [-0.1, -0.05) is 23.7 Å². The van der Waals surface area contributed by atoms with Crippen molar-refractivity contribution in [2.24, 2.45) is 0 Å². The molecule has 1 aromatic heterocycles. The van der Waals surface area contributed by atoms with Gasteiger partial charge in [-0.25, -0.2) is 0 Å². The van der Waals surface area contributed by atoms with Crippen LogP contribution in [0.1, 0.15) is 42.1 Å². The Morgan fingerprint density at radius 3 is 2.62 bits per heavy atom. The molecule has 2 aromatic rings. The first-order valence-corrected chi connectivity index (χ1v) is 10.4. The number of carbonyl (C=O) groups excluding carboxylic acids is 1. The Bertz CT molecular complexity index is 727. The molecule has 1 amide bonds. The van der Waals surface area contributed by atoms with Gasteiger partial charge >= 0.3 is 0 Å². The number of nitrogens with one attached hydrogen (secondary N) is 1. The fraction of sp³-hybridized carbons (Fsp3) is 0.421. The van der Waals surface area contributed by atoms with Crippen LogP contribution in [-0.4, -0.2) is 29.4 Å². The summed E-state index contributed by atoms with van der Waals surface area (Å²) in [6, 6.07) is 10.5. The van der Waals surface area contributed by atoms with E-state index in [0.717, 1.165) is 12.0 Å². The van der Waals surface area contributed by atoms with Crippen LogP contribution in [-0.2, 0) is 27.0 Å². The van der Waals surface area contributed by atoms with Crippen molar-refractivity contribution in [2.45, 2.75) is 37.9 Å². The smallest absolute Gasteiger partial charge is 0.286 e. The maximum atomic E-state index is 12.2. The highest BCUT2D eigenvalue weighted by Crippen LogP contribution is 2.15. The first-order chi connectivity index (χ1) is 12.4. The zero-order valence-corrected chi connectivity index (χ0v) is 16.6. The average Bonchev–Trinajstić information content (AvgIpc) is 3.04. The predicted octanol–water partition coefficient (Wildman–Crippen LogP) is 3.93. The lowest BCUT2D eigenvalue weighted by molar-refractivity contribution is 0.0753. The second kappa shape index (κ2) is 10.5. The van der Waals surface area contributed by atoms with Crippen molar-refractivity contribution in [1.82, 2.24) is 5.32 Å². The summed E-state index contributed by atoms with van der Waals surface area (Å²) in [7, 11) is -1.13. The molecule has 1 aromatic carbocycles. The van der Waals surface area contributed by atoms with Crippen LogP contribution in [0.15, 0.2) is 40.8 Å². The molecule has 7 heteroatoms. The molecule has 1 heterocycles. The largest absolute Gasteiger partial charge is 0.455 e. The molecule has 0 fully saturated rings. The van der Waals surface area contributed by atoms with Gasteiger partial charge in [-0.15, -0.1) is 0 Å². The summed E-state index contributed by atoms with van der Waals surface area (Å²) in [5.41, 5.74) is 0.945. The summed E-state index contributed by atoms with van der Waals surface area (Å²) in [6.45, 7) is 5.06. The molecule has 0 spiro atoms. The minimum absolute atomic E-state index is 0.187. The Hall–Kier alpha value is -1.63. The van der Waals surface area contributed by atoms with Crippen LogP contribution < -0.4 is 5.32 Å². The van der Waals surface area contributed by atoms with Crippen molar-refractivity contribution in [1.29, 1.82) is 0 Å². The number of hydrogen-bond acceptors (Lipinski definition) is 4. The zero-order chi connectivity index (χ0) is 18.9. The number of hydrogen-bond donors (Lipinski definition) is 1. The van der Waals surface area contributed by atoms with Crippen LogP contribution in [0.4, 0.5) is 0 Å². The molecule has 0 aliphatic heterocycles. The number of ether oxygens (including phenoxy) is 1. The molecule has 26 heavy (non-hydrogen) atoms. The van der Waals surface area contributed by atoms with Crippen LogP contribution in [0.2, 0.25) is 5.02 Å². The minimum Gasteiger partial charge on any atom is -0.455 e. The summed E-state index contributed by atoms with van der Waals surface area (Å²) in [5, 5.41) is 3.43. The molecule has 0 aliphatic carbocycles. The normalized spacial score (nSPS) is 12.3. The van der Waals surface area contributed by atoms with Crippen molar-refractivity contribution in [3.63, 3.8) is 0 Å².